The molecular weight excluding hydrogens is 202 g/mol. The highest BCUT2D eigenvalue weighted by molar-refractivity contribution is 7.89. The van der Waals surface area contributed by atoms with Crippen molar-refractivity contribution < 1.29 is 8.42 Å². The molecule has 14 heavy (non-hydrogen) atoms. The van der Waals surface area contributed by atoms with Crippen LogP contribution < -0.4 is 5.14 Å². The van der Waals surface area contributed by atoms with Crippen LogP contribution in [0.15, 0.2) is 17.6 Å². The molecule has 0 amide bonds. The molecule has 0 aromatic carbocycles. The molecule has 6 heteroatoms. The van der Waals surface area contributed by atoms with Crippen LogP contribution in [-0.2, 0) is 10.0 Å². The molecule has 0 spiro atoms. The lowest BCUT2D eigenvalue weighted by atomic mass is 10.2. The Bertz CT molecular complexity index is 392. The number of rotatable bonds is 4. The summed E-state index contributed by atoms with van der Waals surface area (Å²) in [4.78, 5) is 3.75. The lowest BCUT2D eigenvalue weighted by Crippen LogP contribution is -2.12. The molecule has 0 unspecified atom stereocenters. The van der Waals surface area contributed by atoms with E-state index in [-0.39, 0.29) is 11.1 Å². The third-order valence-electron chi connectivity index (χ3n) is 2.23. The normalized spacial score (nSPS) is 12.3. The van der Waals surface area contributed by atoms with Gasteiger partial charge in [0.15, 0.2) is 5.03 Å². The summed E-state index contributed by atoms with van der Waals surface area (Å²) in [6.07, 6.45) is 4.87. The van der Waals surface area contributed by atoms with Gasteiger partial charge >= 0.3 is 0 Å². The summed E-state index contributed by atoms with van der Waals surface area (Å²) in [5, 5.41) is 4.88. The third-order valence-corrected chi connectivity index (χ3v) is 3.03. The highest BCUT2D eigenvalue weighted by Crippen LogP contribution is 2.16. The smallest absolute Gasteiger partial charge is 0.257 e. The molecule has 0 bridgehead atoms. The van der Waals surface area contributed by atoms with Crippen LogP contribution in [0.4, 0.5) is 0 Å². The van der Waals surface area contributed by atoms with E-state index in [4.69, 9.17) is 5.14 Å². The van der Waals surface area contributed by atoms with E-state index in [1.165, 1.54) is 12.5 Å². The summed E-state index contributed by atoms with van der Waals surface area (Å²) in [6, 6.07) is 0.290. The molecule has 0 saturated carbocycles. The summed E-state index contributed by atoms with van der Waals surface area (Å²) in [5.41, 5.74) is 0. The summed E-state index contributed by atoms with van der Waals surface area (Å²) in [7, 11) is -3.66. The first-order valence-corrected chi connectivity index (χ1v) is 6.10. The Hall–Kier alpha value is -0.880. The average molecular weight is 217 g/mol. The molecule has 0 aliphatic carbocycles. The van der Waals surface area contributed by atoms with Gasteiger partial charge in [-0.25, -0.2) is 18.5 Å². The van der Waals surface area contributed by atoms with Gasteiger partial charge < -0.3 is 4.57 Å². The Balaban J connectivity index is 2.99. The number of nitrogens with zero attached hydrogens (tertiary/aromatic N) is 2. The maximum Gasteiger partial charge on any atom is 0.257 e. The van der Waals surface area contributed by atoms with Crippen LogP contribution in [-0.4, -0.2) is 18.0 Å². The monoisotopic (exact) mass is 217 g/mol. The molecule has 0 fully saturated rings. The van der Waals surface area contributed by atoms with Gasteiger partial charge in [-0.1, -0.05) is 13.8 Å². The summed E-state index contributed by atoms with van der Waals surface area (Å²) < 4.78 is 23.7. The van der Waals surface area contributed by atoms with Gasteiger partial charge in [-0.2, -0.15) is 0 Å². The Labute approximate surface area is 84.0 Å². The number of primary sulfonamides is 1. The van der Waals surface area contributed by atoms with Crippen molar-refractivity contribution >= 4 is 10.0 Å². The van der Waals surface area contributed by atoms with E-state index in [1.807, 2.05) is 13.8 Å². The Kier molecular flexibility index (Phi) is 3.28. The molecular formula is C8H15N3O2S. The van der Waals surface area contributed by atoms with Gasteiger partial charge in [-0.15, -0.1) is 0 Å². The van der Waals surface area contributed by atoms with Crippen molar-refractivity contribution in [3.05, 3.63) is 12.5 Å². The lowest BCUT2D eigenvalue weighted by molar-refractivity contribution is 0.470. The third kappa shape index (κ3) is 2.33. The quantitative estimate of drug-likeness (QED) is 0.813. The van der Waals surface area contributed by atoms with Crippen LogP contribution in [0, 0.1) is 0 Å². The number of imidazole rings is 1. The van der Waals surface area contributed by atoms with Crippen molar-refractivity contribution in [3.63, 3.8) is 0 Å². The fourth-order valence-corrected chi connectivity index (χ4v) is 1.84. The topological polar surface area (TPSA) is 78.0 Å². The van der Waals surface area contributed by atoms with Crippen LogP contribution in [0.3, 0.4) is 0 Å². The van der Waals surface area contributed by atoms with Crippen LogP contribution >= 0.6 is 0 Å². The zero-order valence-electron chi connectivity index (χ0n) is 8.34. The molecule has 1 rings (SSSR count). The van der Waals surface area contributed by atoms with Gasteiger partial charge in [-0.05, 0) is 12.8 Å². The Morgan fingerprint density at radius 2 is 2.07 bits per heavy atom. The predicted octanol–water partition coefficient (Wildman–Crippen LogP) is 0.892. The van der Waals surface area contributed by atoms with Crippen molar-refractivity contribution in [1.82, 2.24) is 9.55 Å². The standard InChI is InChI=1S/C8H15N3O2S/c1-3-7(4-2)11-5-8(10-6-11)14(9,12)13/h5-7H,3-4H2,1-2H3,(H2,9,12,13). The molecule has 1 aromatic rings. The molecule has 0 aliphatic heterocycles. The minimum absolute atomic E-state index is 0.0654. The van der Waals surface area contributed by atoms with E-state index in [0.717, 1.165) is 12.8 Å². The fraction of sp³-hybridized carbons (Fsp3) is 0.625. The highest BCUT2D eigenvalue weighted by Gasteiger charge is 2.13. The van der Waals surface area contributed by atoms with Crippen LogP contribution in [0.25, 0.3) is 0 Å². The number of hydrogen-bond donors (Lipinski definition) is 1. The minimum Gasteiger partial charge on any atom is -0.333 e. The Morgan fingerprint density at radius 3 is 2.43 bits per heavy atom. The maximum absolute atomic E-state index is 10.9. The van der Waals surface area contributed by atoms with E-state index in [2.05, 4.69) is 4.98 Å². The fourth-order valence-electron chi connectivity index (χ4n) is 1.37. The summed E-state index contributed by atoms with van der Waals surface area (Å²) in [5.74, 6) is 0. The molecule has 80 valence electrons. The first-order chi connectivity index (χ1) is 6.49. The predicted molar refractivity (Wildman–Crippen MR) is 53.2 cm³/mol. The molecule has 1 aromatic heterocycles. The van der Waals surface area contributed by atoms with Crippen molar-refractivity contribution in [3.8, 4) is 0 Å². The van der Waals surface area contributed by atoms with Gasteiger partial charge in [0, 0.05) is 12.2 Å². The maximum atomic E-state index is 10.9. The highest BCUT2D eigenvalue weighted by atomic mass is 32.2. The van der Waals surface area contributed by atoms with E-state index < -0.39 is 10.0 Å². The zero-order valence-corrected chi connectivity index (χ0v) is 9.16. The van der Waals surface area contributed by atoms with Crippen molar-refractivity contribution in [2.45, 2.75) is 37.8 Å². The van der Waals surface area contributed by atoms with Crippen molar-refractivity contribution in [2.75, 3.05) is 0 Å². The zero-order chi connectivity index (χ0) is 10.8. The second-order valence-corrected chi connectivity index (χ2v) is 4.68. The molecule has 5 nitrogen and oxygen atoms in total. The molecule has 0 radical (unpaired) electrons. The van der Waals surface area contributed by atoms with E-state index in [1.54, 1.807) is 4.57 Å². The van der Waals surface area contributed by atoms with Crippen LogP contribution in [0.2, 0.25) is 0 Å². The molecule has 0 saturated heterocycles. The number of nitrogens with two attached hydrogens (primary N) is 1. The average Bonchev–Trinajstić information content (AvgIpc) is 2.54. The number of aromatic nitrogens is 2. The van der Waals surface area contributed by atoms with Crippen LogP contribution in [0.1, 0.15) is 32.7 Å². The Morgan fingerprint density at radius 1 is 1.50 bits per heavy atom. The second kappa shape index (κ2) is 4.10. The molecule has 0 atom stereocenters. The summed E-state index contributed by atoms with van der Waals surface area (Å²) >= 11 is 0. The molecule has 1 heterocycles. The van der Waals surface area contributed by atoms with Crippen molar-refractivity contribution in [2.24, 2.45) is 5.14 Å². The van der Waals surface area contributed by atoms with E-state index in [9.17, 15) is 8.42 Å². The lowest BCUT2D eigenvalue weighted by Gasteiger charge is -2.12. The SMILES string of the molecule is CCC(CC)n1cnc(S(N)(=O)=O)c1. The van der Waals surface area contributed by atoms with Gasteiger partial charge in [0.2, 0.25) is 0 Å². The largest absolute Gasteiger partial charge is 0.333 e. The summed E-state index contributed by atoms with van der Waals surface area (Å²) in [6.45, 7) is 4.09. The number of hydrogen-bond acceptors (Lipinski definition) is 3. The van der Waals surface area contributed by atoms with E-state index in [0.29, 0.717) is 0 Å². The minimum atomic E-state index is -3.66. The second-order valence-electron chi connectivity index (χ2n) is 3.17. The first-order valence-electron chi connectivity index (χ1n) is 4.55. The van der Waals surface area contributed by atoms with Crippen molar-refractivity contribution in [1.29, 1.82) is 0 Å². The van der Waals surface area contributed by atoms with Gasteiger partial charge in [0.05, 0.1) is 6.33 Å². The van der Waals surface area contributed by atoms with E-state index >= 15 is 0 Å². The van der Waals surface area contributed by atoms with Gasteiger partial charge in [-0.3, -0.25) is 0 Å². The number of sulfonamides is 1. The van der Waals surface area contributed by atoms with Gasteiger partial charge in [0.1, 0.15) is 0 Å². The van der Waals surface area contributed by atoms with Crippen LogP contribution in [0.5, 0.6) is 0 Å². The first kappa shape index (κ1) is 11.2. The molecule has 0 aliphatic rings. The molecule has 2 N–H and O–H groups in total. The van der Waals surface area contributed by atoms with Gasteiger partial charge in [0.25, 0.3) is 10.0 Å².